The predicted octanol–water partition coefficient (Wildman–Crippen LogP) is 4.50. The molecule has 7 heteroatoms. The Morgan fingerprint density at radius 3 is 2.71 bits per heavy atom. The van der Waals surface area contributed by atoms with Gasteiger partial charge in [0.2, 0.25) is 0 Å². The first-order valence-corrected chi connectivity index (χ1v) is 10.6. The zero-order chi connectivity index (χ0) is 19.7. The average Bonchev–Trinajstić information content (AvgIpc) is 3.30. The van der Waals surface area contributed by atoms with E-state index >= 15 is 0 Å². The van der Waals surface area contributed by atoms with Gasteiger partial charge in [-0.1, -0.05) is 20.8 Å². The van der Waals surface area contributed by atoms with E-state index in [9.17, 15) is 0 Å². The highest BCUT2D eigenvalue weighted by Gasteiger charge is 2.25. The number of ether oxygens (including phenoxy) is 1. The molecule has 6 nitrogen and oxygen atoms in total. The van der Waals surface area contributed by atoms with Gasteiger partial charge in [0.25, 0.3) is 0 Å². The Hall–Kier alpha value is -1.99. The van der Waals surface area contributed by atoms with Crippen LogP contribution in [0.3, 0.4) is 0 Å². The maximum Gasteiger partial charge on any atom is 0.115 e. The summed E-state index contributed by atoms with van der Waals surface area (Å²) < 4.78 is 12.1. The van der Waals surface area contributed by atoms with Crippen LogP contribution < -0.4 is 4.31 Å². The molecule has 0 N–H and O–H groups in total. The van der Waals surface area contributed by atoms with Crippen LogP contribution in [0, 0.1) is 5.92 Å². The molecule has 0 saturated carbocycles. The number of aromatic nitrogens is 4. The lowest BCUT2D eigenvalue weighted by Crippen LogP contribution is -2.25. The van der Waals surface area contributed by atoms with E-state index in [1.54, 1.807) is 24.7 Å². The summed E-state index contributed by atoms with van der Waals surface area (Å²) >= 11 is 1.60. The maximum atomic E-state index is 5.55. The van der Waals surface area contributed by atoms with Crippen LogP contribution >= 0.6 is 12.1 Å². The van der Waals surface area contributed by atoms with Crippen molar-refractivity contribution in [3.8, 4) is 0 Å². The van der Waals surface area contributed by atoms with Gasteiger partial charge in [-0.2, -0.15) is 0 Å². The molecule has 0 amide bonds. The standard InChI is InChI=1S/C21H29N5OS/c1-21(2,3)20-23-18-13-17(24(4)28-25-10-9-22-15-25)5-6-19(18)26(20)14-16-7-11-27-12-8-16/h5-6,9-10,13,15-16H,7-8,11-12,14H2,1-4H3. The first-order valence-electron chi connectivity index (χ1n) is 9.90. The zero-order valence-corrected chi connectivity index (χ0v) is 17.9. The molecule has 0 unspecified atom stereocenters. The van der Waals surface area contributed by atoms with E-state index < -0.39 is 0 Å². The Morgan fingerprint density at radius 1 is 1.25 bits per heavy atom. The molecular formula is C21H29N5OS. The number of imidazole rings is 2. The highest BCUT2D eigenvalue weighted by Crippen LogP contribution is 2.32. The normalized spacial score (nSPS) is 16.0. The summed E-state index contributed by atoms with van der Waals surface area (Å²) in [7, 11) is 2.07. The van der Waals surface area contributed by atoms with Crippen molar-refractivity contribution in [2.75, 3.05) is 24.6 Å². The van der Waals surface area contributed by atoms with Gasteiger partial charge in [-0.25, -0.2) is 9.97 Å². The van der Waals surface area contributed by atoms with Crippen molar-refractivity contribution in [3.63, 3.8) is 0 Å². The van der Waals surface area contributed by atoms with Crippen molar-refractivity contribution in [2.45, 2.75) is 45.6 Å². The molecule has 0 radical (unpaired) electrons. The van der Waals surface area contributed by atoms with E-state index in [2.05, 4.69) is 59.9 Å². The van der Waals surface area contributed by atoms with Crippen LogP contribution in [0.5, 0.6) is 0 Å². The largest absolute Gasteiger partial charge is 0.381 e. The molecule has 0 bridgehead atoms. The quantitative estimate of drug-likeness (QED) is 0.591. The Labute approximate surface area is 171 Å². The van der Waals surface area contributed by atoms with E-state index in [4.69, 9.17) is 9.72 Å². The van der Waals surface area contributed by atoms with Gasteiger partial charge < -0.3 is 13.6 Å². The van der Waals surface area contributed by atoms with Gasteiger partial charge >= 0.3 is 0 Å². The van der Waals surface area contributed by atoms with E-state index in [0.29, 0.717) is 5.92 Å². The number of anilines is 1. The second-order valence-electron chi connectivity index (χ2n) is 8.53. The van der Waals surface area contributed by atoms with Crippen molar-refractivity contribution in [2.24, 2.45) is 5.92 Å². The minimum absolute atomic E-state index is 0.00180. The number of fused-ring (bicyclic) bond motifs is 1. The van der Waals surface area contributed by atoms with Crippen molar-refractivity contribution in [1.29, 1.82) is 0 Å². The van der Waals surface area contributed by atoms with Gasteiger partial charge in [-0.05, 0) is 37.0 Å². The summed E-state index contributed by atoms with van der Waals surface area (Å²) in [6, 6.07) is 6.59. The van der Waals surface area contributed by atoms with Crippen molar-refractivity contribution >= 4 is 28.9 Å². The van der Waals surface area contributed by atoms with Gasteiger partial charge in [0, 0.05) is 44.6 Å². The molecule has 1 aliphatic heterocycles. The summed E-state index contributed by atoms with van der Waals surface area (Å²) in [6.07, 6.45) is 7.80. The smallest absolute Gasteiger partial charge is 0.115 e. The lowest BCUT2D eigenvalue weighted by atomic mass is 9.94. The number of hydrogen-bond acceptors (Lipinski definition) is 5. The summed E-state index contributed by atoms with van der Waals surface area (Å²) in [6.45, 7) is 9.51. The molecule has 1 aliphatic rings. The molecule has 0 aliphatic carbocycles. The predicted molar refractivity (Wildman–Crippen MR) is 116 cm³/mol. The Kier molecular flexibility index (Phi) is 5.38. The monoisotopic (exact) mass is 399 g/mol. The van der Waals surface area contributed by atoms with Gasteiger partial charge in [0.05, 0.1) is 28.9 Å². The average molecular weight is 400 g/mol. The number of rotatable bonds is 5. The zero-order valence-electron chi connectivity index (χ0n) is 17.1. The van der Waals surface area contributed by atoms with Crippen LogP contribution in [0.15, 0.2) is 36.9 Å². The Bertz CT molecular complexity index is 922. The molecule has 1 saturated heterocycles. The fourth-order valence-electron chi connectivity index (χ4n) is 3.74. The fraction of sp³-hybridized carbons (Fsp3) is 0.524. The van der Waals surface area contributed by atoms with Crippen LogP contribution in [0.25, 0.3) is 11.0 Å². The lowest BCUT2D eigenvalue weighted by Gasteiger charge is -2.26. The molecule has 4 rings (SSSR count). The molecule has 150 valence electrons. The number of hydrogen-bond donors (Lipinski definition) is 0. The Balaban J connectivity index is 1.67. The minimum atomic E-state index is 0.00180. The molecule has 2 aromatic heterocycles. The van der Waals surface area contributed by atoms with Gasteiger partial charge in [0.1, 0.15) is 12.2 Å². The second-order valence-corrected chi connectivity index (χ2v) is 9.66. The number of benzene rings is 1. The highest BCUT2D eigenvalue weighted by atomic mass is 32.2. The van der Waals surface area contributed by atoms with Crippen molar-refractivity contribution < 1.29 is 4.74 Å². The minimum Gasteiger partial charge on any atom is -0.381 e. The SMILES string of the molecule is CN(Sn1ccnc1)c1ccc2c(c1)nc(C(C)(C)C)n2CC1CCOCC1. The highest BCUT2D eigenvalue weighted by molar-refractivity contribution is 7.99. The maximum absolute atomic E-state index is 5.55. The van der Waals surface area contributed by atoms with E-state index in [-0.39, 0.29) is 5.41 Å². The fourth-order valence-corrected chi connectivity index (χ4v) is 4.44. The molecule has 1 fully saturated rings. The summed E-state index contributed by atoms with van der Waals surface area (Å²) in [4.78, 5) is 9.17. The van der Waals surface area contributed by atoms with Crippen molar-refractivity contribution in [1.82, 2.24) is 18.5 Å². The molecule has 0 spiro atoms. The van der Waals surface area contributed by atoms with Crippen molar-refractivity contribution in [3.05, 3.63) is 42.7 Å². The van der Waals surface area contributed by atoms with Crippen LogP contribution in [0.2, 0.25) is 0 Å². The first-order chi connectivity index (χ1) is 13.4. The van der Waals surface area contributed by atoms with Gasteiger partial charge in [-0.3, -0.25) is 3.97 Å². The van der Waals surface area contributed by atoms with Gasteiger partial charge in [-0.15, -0.1) is 0 Å². The topological polar surface area (TPSA) is 48.1 Å². The molecule has 0 atom stereocenters. The lowest BCUT2D eigenvalue weighted by molar-refractivity contribution is 0.0611. The third kappa shape index (κ3) is 4.05. The second kappa shape index (κ2) is 7.79. The number of nitrogens with zero attached hydrogens (tertiary/aromatic N) is 5. The van der Waals surface area contributed by atoms with E-state index in [1.807, 2.05) is 10.2 Å². The van der Waals surface area contributed by atoms with E-state index in [1.165, 1.54) is 5.52 Å². The first kappa shape index (κ1) is 19.3. The van der Waals surface area contributed by atoms with E-state index in [0.717, 1.165) is 49.6 Å². The molecule has 1 aromatic carbocycles. The summed E-state index contributed by atoms with van der Waals surface area (Å²) in [5.74, 6) is 1.82. The van der Waals surface area contributed by atoms with Crippen LogP contribution in [-0.4, -0.2) is 38.8 Å². The Morgan fingerprint density at radius 2 is 2.04 bits per heavy atom. The molecule has 3 aromatic rings. The van der Waals surface area contributed by atoms with Crippen LogP contribution in [0.4, 0.5) is 5.69 Å². The summed E-state index contributed by atoms with van der Waals surface area (Å²) in [5.41, 5.74) is 3.41. The third-order valence-corrected chi connectivity index (χ3v) is 6.11. The molecule has 3 heterocycles. The third-order valence-electron chi connectivity index (χ3n) is 5.24. The van der Waals surface area contributed by atoms with Crippen LogP contribution in [0.1, 0.15) is 39.4 Å². The molecule has 28 heavy (non-hydrogen) atoms. The van der Waals surface area contributed by atoms with Crippen LogP contribution in [-0.2, 0) is 16.7 Å². The summed E-state index contributed by atoms with van der Waals surface area (Å²) in [5, 5.41) is 0. The molecular weight excluding hydrogens is 370 g/mol. The van der Waals surface area contributed by atoms with Gasteiger partial charge in [0.15, 0.2) is 0 Å².